The molecule has 0 aliphatic carbocycles. The first kappa shape index (κ1) is 15.4. The maximum Gasteiger partial charge on any atom is 0.343 e. The molecule has 0 radical (unpaired) electrons. The molecule has 7 nitrogen and oxygen atoms in total. The molecule has 0 spiro atoms. The molecule has 21 heavy (non-hydrogen) atoms. The lowest BCUT2D eigenvalue weighted by Gasteiger charge is -2.20. The number of ether oxygens (including phenoxy) is 1. The van der Waals surface area contributed by atoms with Gasteiger partial charge >= 0.3 is 5.97 Å². The van der Waals surface area contributed by atoms with Crippen LogP contribution in [0, 0.1) is 10.1 Å². The second-order valence-corrected chi connectivity index (χ2v) is 5.09. The van der Waals surface area contributed by atoms with Crippen LogP contribution in [0.15, 0.2) is 18.2 Å². The smallest absolute Gasteiger partial charge is 0.343 e. The molecule has 2 N–H and O–H groups in total. The SMILES string of the molecule is CC(NCc1cccc([N+](=O)[O-])c1C(=O)O)C1CCCO1. The lowest BCUT2D eigenvalue weighted by atomic mass is 10.0. The maximum absolute atomic E-state index is 11.3. The summed E-state index contributed by atoms with van der Waals surface area (Å²) in [6.45, 7) is 2.96. The summed E-state index contributed by atoms with van der Waals surface area (Å²) in [5, 5.41) is 23.3. The largest absolute Gasteiger partial charge is 0.477 e. The molecule has 0 saturated carbocycles. The number of benzene rings is 1. The van der Waals surface area contributed by atoms with E-state index in [0.29, 0.717) is 5.56 Å². The normalized spacial score (nSPS) is 19.4. The summed E-state index contributed by atoms with van der Waals surface area (Å²) in [5.41, 5.74) is -0.234. The average Bonchev–Trinajstić information content (AvgIpc) is 2.98. The van der Waals surface area contributed by atoms with Crippen LogP contribution in [0.4, 0.5) is 5.69 Å². The first-order valence-corrected chi connectivity index (χ1v) is 6.85. The zero-order valence-corrected chi connectivity index (χ0v) is 11.7. The van der Waals surface area contributed by atoms with E-state index in [9.17, 15) is 20.0 Å². The van der Waals surface area contributed by atoms with Gasteiger partial charge in [-0.2, -0.15) is 0 Å². The van der Waals surface area contributed by atoms with Gasteiger partial charge in [0.25, 0.3) is 5.69 Å². The number of nitro benzene ring substituents is 1. The van der Waals surface area contributed by atoms with E-state index in [-0.39, 0.29) is 29.9 Å². The van der Waals surface area contributed by atoms with Gasteiger partial charge in [0.2, 0.25) is 0 Å². The van der Waals surface area contributed by atoms with E-state index in [1.54, 1.807) is 6.07 Å². The number of nitrogens with one attached hydrogen (secondary N) is 1. The first-order chi connectivity index (χ1) is 10.0. The van der Waals surface area contributed by atoms with E-state index in [2.05, 4.69) is 5.32 Å². The Morgan fingerprint density at radius 2 is 2.38 bits per heavy atom. The number of hydrogen-bond donors (Lipinski definition) is 2. The Labute approximate surface area is 122 Å². The van der Waals surface area contributed by atoms with E-state index in [4.69, 9.17) is 4.74 Å². The van der Waals surface area contributed by atoms with Gasteiger partial charge in [-0.05, 0) is 25.3 Å². The van der Waals surface area contributed by atoms with E-state index in [1.807, 2.05) is 6.92 Å². The fourth-order valence-electron chi connectivity index (χ4n) is 2.53. The van der Waals surface area contributed by atoms with E-state index < -0.39 is 10.9 Å². The Bertz CT molecular complexity index is 540. The molecular formula is C14H18N2O5. The van der Waals surface area contributed by atoms with Gasteiger partial charge in [-0.1, -0.05) is 12.1 Å². The highest BCUT2D eigenvalue weighted by Gasteiger charge is 2.25. The van der Waals surface area contributed by atoms with Crippen molar-refractivity contribution in [1.82, 2.24) is 5.32 Å². The summed E-state index contributed by atoms with van der Waals surface area (Å²) in [6.07, 6.45) is 2.10. The van der Waals surface area contributed by atoms with Crippen molar-refractivity contribution in [1.29, 1.82) is 0 Å². The third-order valence-corrected chi connectivity index (χ3v) is 3.68. The van der Waals surface area contributed by atoms with Crippen LogP contribution in [-0.4, -0.2) is 34.8 Å². The van der Waals surface area contributed by atoms with E-state index in [0.717, 1.165) is 19.4 Å². The van der Waals surface area contributed by atoms with Crippen LogP contribution in [0.5, 0.6) is 0 Å². The number of nitrogens with zero attached hydrogens (tertiary/aromatic N) is 1. The topological polar surface area (TPSA) is 102 Å². The number of carbonyl (C=O) groups is 1. The molecule has 1 aromatic rings. The van der Waals surface area contributed by atoms with Crippen molar-refractivity contribution in [3.05, 3.63) is 39.4 Å². The summed E-state index contributed by atoms with van der Waals surface area (Å²) >= 11 is 0. The summed E-state index contributed by atoms with van der Waals surface area (Å²) in [6, 6.07) is 4.36. The molecule has 0 amide bonds. The van der Waals surface area contributed by atoms with Gasteiger partial charge in [0, 0.05) is 25.3 Å². The van der Waals surface area contributed by atoms with Gasteiger partial charge in [0.1, 0.15) is 5.56 Å². The fraction of sp³-hybridized carbons (Fsp3) is 0.500. The monoisotopic (exact) mass is 294 g/mol. The molecule has 1 fully saturated rings. The third kappa shape index (κ3) is 3.56. The lowest BCUT2D eigenvalue weighted by molar-refractivity contribution is -0.385. The summed E-state index contributed by atoms with van der Waals surface area (Å²) in [7, 11) is 0. The molecule has 1 aliphatic rings. The summed E-state index contributed by atoms with van der Waals surface area (Å²) < 4.78 is 5.56. The first-order valence-electron chi connectivity index (χ1n) is 6.85. The molecular weight excluding hydrogens is 276 g/mol. The fourth-order valence-corrected chi connectivity index (χ4v) is 2.53. The standard InChI is InChI=1S/C14H18N2O5/c1-9(12-6-3-7-21-12)15-8-10-4-2-5-11(16(19)20)13(10)14(17)18/h2,4-5,9,12,15H,3,6-8H2,1H3,(H,17,18). The number of carboxylic acids is 1. The average molecular weight is 294 g/mol. The van der Waals surface area contributed by atoms with Crippen molar-refractivity contribution < 1.29 is 19.6 Å². The van der Waals surface area contributed by atoms with Gasteiger partial charge < -0.3 is 15.2 Å². The number of rotatable bonds is 6. The number of nitro groups is 1. The zero-order valence-electron chi connectivity index (χ0n) is 11.7. The van der Waals surface area contributed by atoms with E-state index >= 15 is 0 Å². The highest BCUT2D eigenvalue weighted by molar-refractivity contribution is 5.94. The highest BCUT2D eigenvalue weighted by Crippen LogP contribution is 2.23. The Hall–Kier alpha value is -1.99. The third-order valence-electron chi connectivity index (χ3n) is 3.68. The predicted molar refractivity (Wildman–Crippen MR) is 75.3 cm³/mol. The van der Waals surface area contributed by atoms with Crippen LogP contribution >= 0.6 is 0 Å². The van der Waals surface area contributed by atoms with Gasteiger partial charge in [0.15, 0.2) is 0 Å². The molecule has 7 heteroatoms. The van der Waals surface area contributed by atoms with Crippen LogP contribution in [-0.2, 0) is 11.3 Å². The Balaban J connectivity index is 2.13. The summed E-state index contributed by atoms with van der Waals surface area (Å²) in [5.74, 6) is -1.29. The van der Waals surface area contributed by atoms with Crippen molar-refractivity contribution in [3.8, 4) is 0 Å². The number of hydrogen-bond acceptors (Lipinski definition) is 5. The molecule has 1 heterocycles. The zero-order chi connectivity index (χ0) is 15.4. The highest BCUT2D eigenvalue weighted by atomic mass is 16.6. The predicted octanol–water partition coefficient (Wildman–Crippen LogP) is 1.95. The molecule has 0 aromatic heterocycles. The van der Waals surface area contributed by atoms with E-state index in [1.165, 1.54) is 12.1 Å². The Kier molecular flexibility index (Phi) is 4.87. The molecule has 114 valence electrons. The Morgan fingerprint density at radius 3 is 2.95 bits per heavy atom. The van der Waals surface area contributed by atoms with Crippen molar-refractivity contribution in [2.24, 2.45) is 0 Å². The number of carboxylic acid groups (broad SMARTS) is 1. The van der Waals surface area contributed by atoms with Crippen molar-refractivity contribution >= 4 is 11.7 Å². The molecule has 0 bridgehead atoms. The maximum atomic E-state index is 11.3. The summed E-state index contributed by atoms with van der Waals surface area (Å²) in [4.78, 5) is 21.5. The van der Waals surface area contributed by atoms with Gasteiger partial charge in [-0.25, -0.2) is 4.79 Å². The molecule has 1 saturated heterocycles. The van der Waals surface area contributed by atoms with Gasteiger partial charge in [0.05, 0.1) is 11.0 Å². The van der Waals surface area contributed by atoms with Crippen molar-refractivity contribution in [2.45, 2.75) is 38.5 Å². The molecule has 2 rings (SSSR count). The van der Waals surface area contributed by atoms with Crippen molar-refractivity contribution in [2.75, 3.05) is 6.61 Å². The van der Waals surface area contributed by atoms with Gasteiger partial charge in [-0.3, -0.25) is 10.1 Å². The van der Waals surface area contributed by atoms with Crippen LogP contribution in [0.1, 0.15) is 35.7 Å². The van der Waals surface area contributed by atoms with Crippen LogP contribution < -0.4 is 5.32 Å². The number of aromatic carboxylic acids is 1. The minimum absolute atomic E-state index is 0.0633. The minimum atomic E-state index is -1.29. The lowest BCUT2D eigenvalue weighted by Crippen LogP contribution is -2.36. The molecule has 1 aromatic carbocycles. The second kappa shape index (κ2) is 6.64. The quantitative estimate of drug-likeness (QED) is 0.614. The van der Waals surface area contributed by atoms with Gasteiger partial charge in [-0.15, -0.1) is 0 Å². The second-order valence-electron chi connectivity index (χ2n) is 5.09. The Morgan fingerprint density at radius 1 is 1.62 bits per heavy atom. The molecule has 2 unspecified atom stereocenters. The minimum Gasteiger partial charge on any atom is -0.477 e. The van der Waals surface area contributed by atoms with Crippen LogP contribution in [0.25, 0.3) is 0 Å². The van der Waals surface area contributed by atoms with Crippen LogP contribution in [0.2, 0.25) is 0 Å². The molecule has 1 aliphatic heterocycles. The van der Waals surface area contributed by atoms with Crippen molar-refractivity contribution in [3.63, 3.8) is 0 Å². The molecule has 2 atom stereocenters. The van der Waals surface area contributed by atoms with Crippen LogP contribution in [0.3, 0.4) is 0 Å².